The van der Waals surface area contributed by atoms with Crippen LogP contribution in [-0.4, -0.2) is 58.5 Å². The maximum atomic E-state index is 11.6. The predicted octanol–water partition coefficient (Wildman–Crippen LogP) is 1.70. The Kier molecular flexibility index (Phi) is 7.10. The Bertz CT molecular complexity index is 327. The minimum Gasteiger partial charge on any atom is -0.460 e. The molecule has 21 heavy (non-hydrogen) atoms. The third-order valence-corrected chi connectivity index (χ3v) is 3.83. The average Bonchev–Trinajstić information content (AvgIpc) is 2.28. The van der Waals surface area contributed by atoms with Crippen molar-refractivity contribution in [2.24, 2.45) is 0 Å². The molecule has 1 rings (SSSR count). The van der Waals surface area contributed by atoms with Crippen molar-refractivity contribution in [3.63, 3.8) is 0 Å². The number of nitrogens with zero attached hydrogens (tertiary/aromatic N) is 1. The van der Waals surface area contributed by atoms with E-state index in [1.807, 2.05) is 0 Å². The topological polar surface area (TPSA) is 70.0 Å². The van der Waals surface area contributed by atoms with Gasteiger partial charge in [0.2, 0.25) is 0 Å². The fraction of sp³-hybridized carbons (Fsp3) is 0.938. The number of hydrogen-bond donors (Lipinski definition) is 2. The van der Waals surface area contributed by atoms with Crippen LogP contribution in [-0.2, 0) is 9.53 Å². The Labute approximate surface area is 128 Å². The molecule has 0 aromatic carbocycles. The summed E-state index contributed by atoms with van der Waals surface area (Å²) in [5.74, 6) is -0.419. The van der Waals surface area contributed by atoms with Crippen molar-refractivity contribution in [2.45, 2.75) is 83.1 Å². The fourth-order valence-corrected chi connectivity index (χ4v) is 2.83. The van der Waals surface area contributed by atoms with Crippen molar-refractivity contribution in [3.8, 4) is 0 Å². The molecule has 0 spiro atoms. The normalized spacial score (nSPS) is 23.6. The molecule has 2 N–H and O–H groups in total. The first-order valence-corrected chi connectivity index (χ1v) is 7.95. The van der Waals surface area contributed by atoms with E-state index in [4.69, 9.17) is 4.74 Å². The molecule has 0 saturated carbocycles. The highest BCUT2D eigenvalue weighted by atomic mass is 16.6. The van der Waals surface area contributed by atoms with Crippen molar-refractivity contribution >= 4 is 5.97 Å². The molecule has 1 fully saturated rings. The Balaban J connectivity index is 2.29. The van der Waals surface area contributed by atoms with Crippen molar-refractivity contribution in [1.29, 1.82) is 0 Å². The molecule has 1 heterocycles. The standard InChI is InChI=1S/C16H31NO4/c1-16(2,3)21-15(20)11-14(19)10-13(18)9-12-7-5-6-8-17(12)4/h12-14,18-19H,5-11H2,1-4H3. The van der Waals surface area contributed by atoms with Gasteiger partial charge in [0.05, 0.1) is 18.6 Å². The van der Waals surface area contributed by atoms with E-state index in [0.717, 1.165) is 13.0 Å². The largest absolute Gasteiger partial charge is 0.460 e. The quantitative estimate of drug-likeness (QED) is 0.731. The molecule has 3 atom stereocenters. The van der Waals surface area contributed by atoms with Gasteiger partial charge in [0.25, 0.3) is 0 Å². The van der Waals surface area contributed by atoms with Crippen LogP contribution in [0.15, 0.2) is 0 Å². The van der Waals surface area contributed by atoms with Crippen molar-refractivity contribution in [1.82, 2.24) is 4.90 Å². The molecular weight excluding hydrogens is 270 g/mol. The van der Waals surface area contributed by atoms with Gasteiger partial charge in [-0.15, -0.1) is 0 Å². The number of esters is 1. The van der Waals surface area contributed by atoms with Crippen LogP contribution >= 0.6 is 0 Å². The number of hydrogen-bond acceptors (Lipinski definition) is 5. The van der Waals surface area contributed by atoms with E-state index in [2.05, 4.69) is 11.9 Å². The number of carbonyl (C=O) groups is 1. The summed E-state index contributed by atoms with van der Waals surface area (Å²) >= 11 is 0. The van der Waals surface area contributed by atoms with Crippen LogP contribution < -0.4 is 0 Å². The van der Waals surface area contributed by atoms with E-state index >= 15 is 0 Å². The Morgan fingerprint density at radius 1 is 1.29 bits per heavy atom. The SMILES string of the molecule is CN1CCCCC1CC(O)CC(O)CC(=O)OC(C)(C)C. The lowest BCUT2D eigenvalue weighted by Crippen LogP contribution is -2.39. The van der Waals surface area contributed by atoms with Gasteiger partial charge in [-0.05, 0) is 60.0 Å². The summed E-state index contributed by atoms with van der Waals surface area (Å²) in [4.78, 5) is 13.9. The van der Waals surface area contributed by atoms with Gasteiger partial charge in [-0.1, -0.05) is 6.42 Å². The van der Waals surface area contributed by atoms with Crippen molar-refractivity contribution < 1.29 is 19.7 Å². The first-order chi connectivity index (χ1) is 9.67. The van der Waals surface area contributed by atoms with E-state index < -0.39 is 23.8 Å². The lowest BCUT2D eigenvalue weighted by atomic mass is 9.95. The molecule has 0 aliphatic carbocycles. The smallest absolute Gasteiger partial charge is 0.308 e. The second-order valence-electron chi connectivity index (χ2n) is 7.20. The minimum atomic E-state index is -0.844. The van der Waals surface area contributed by atoms with Crippen LogP contribution in [0, 0.1) is 0 Å². The number of rotatable bonds is 6. The predicted molar refractivity (Wildman–Crippen MR) is 82.0 cm³/mol. The molecule has 0 radical (unpaired) electrons. The molecule has 5 nitrogen and oxygen atoms in total. The molecule has 0 bridgehead atoms. The van der Waals surface area contributed by atoms with Gasteiger partial charge >= 0.3 is 5.97 Å². The van der Waals surface area contributed by atoms with Crippen LogP contribution in [0.4, 0.5) is 0 Å². The van der Waals surface area contributed by atoms with Gasteiger partial charge in [0.1, 0.15) is 5.60 Å². The van der Waals surface area contributed by atoms with Crippen LogP contribution in [0.5, 0.6) is 0 Å². The summed E-state index contributed by atoms with van der Waals surface area (Å²) in [6.07, 6.45) is 2.90. The summed E-state index contributed by atoms with van der Waals surface area (Å²) < 4.78 is 5.17. The zero-order valence-corrected chi connectivity index (χ0v) is 13.8. The number of ether oxygens (including phenoxy) is 1. The van der Waals surface area contributed by atoms with Gasteiger partial charge in [-0.2, -0.15) is 0 Å². The van der Waals surface area contributed by atoms with Gasteiger partial charge in [0.15, 0.2) is 0 Å². The first-order valence-electron chi connectivity index (χ1n) is 7.95. The van der Waals surface area contributed by atoms with Crippen LogP contribution in [0.2, 0.25) is 0 Å². The van der Waals surface area contributed by atoms with E-state index in [-0.39, 0.29) is 12.8 Å². The molecule has 1 saturated heterocycles. The third kappa shape index (κ3) is 7.79. The second-order valence-corrected chi connectivity index (χ2v) is 7.20. The summed E-state index contributed by atoms with van der Waals surface area (Å²) in [6, 6.07) is 0.377. The highest BCUT2D eigenvalue weighted by Crippen LogP contribution is 2.21. The highest BCUT2D eigenvalue weighted by Gasteiger charge is 2.25. The van der Waals surface area contributed by atoms with Gasteiger partial charge < -0.3 is 19.8 Å². The Morgan fingerprint density at radius 2 is 1.95 bits per heavy atom. The van der Waals surface area contributed by atoms with Crippen LogP contribution in [0.1, 0.15) is 59.3 Å². The lowest BCUT2D eigenvalue weighted by Gasteiger charge is -2.34. The minimum absolute atomic E-state index is 0.0607. The lowest BCUT2D eigenvalue weighted by molar-refractivity contribution is -0.157. The van der Waals surface area contributed by atoms with E-state index in [9.17, 15) is 15.0 Å². The number of piperidine rings is 1. The van der Waals surface area contributed by atoms with Gasteiger partial charge in [0, 0.05) is 6.04 Å². The van der Waals surface area contributed by atoms with E-state index in [0.29, 0.717) is 12.5 Å². The molecule has 124 valence electrons. The summed E-state index contributed by atoms with van der Waals surface area (Å²) in [5, 5.41) is 20.0. The maximum Gasteiger partial charge on any atom is 0.308 e. The molecule has 1 aliphatic heterocycles. The zero-order chi connectivity index (χ0) is 16.0. The van der Waals surface area contributed by atoms with E-state index in [1.165, 1.54) is 12.8 Å². The zero-order valence-electron chi connectivity index (χ0n) is 13.8. The average molecular weight is 301 g/mol. The fourth-order valence-electron chi connectivity index (χ4n) is 2.83. The van der Waals surface area contributed by atoms with Gasteiger partial charge in [-0.3, -0.25) is 4.79 Å². The number of likely N-dealkylation sites (tertiary alicyclic amines) is 1. The van der Waals surface area contributed by atoms with Crippen molar-refractivity contribution in [2.75, 3.05) is 13.6 Å². The van der Waals surface area contributed by atoms with Crippen molar-refractivity contribution in [3.05, 3.63) is 0 Å². The Morgan fingerprint density at radius 3 is 2.52 bits per heavy atom. The monoisotopic (exact) mass is 301 g/mol. The summed E-state index contributed by atoms with van der Waals surface area (Å²) in [6.45, 7) is 6.46. The highest BCUT2D eigenvalue weighted by molar-refractivity contribution is 5.70. The molecule has 5 heteroatoms. The van der Waals surface area contributed by atoms with Crippen LogP contribution in [0.3, 0.4) is 0 Å². The maximum absolute atomic E-state index is 11.6. The Hall–Kier alpha value is -0.650. The number of aliphatic hydroxyl groups excluding tert-OH is 2. The number of aliphatic hydroxyl groups is 2. The molecule has 0 aromatic rings. The third-order valence-electron chi connectivity index (χ3n) is 3.83. The first kappa shape index (κ1) is 18.4. The number of carbonyl (C=O) groups excluding carboxylic acids is 1. The molecule has 1 aliphatic rings. The molecule has 3 unspecified atom stereocenters. The van der Waals surface area contributed by atoms with Crippen LogP contribution in [0.25, 0.3) is 0 Å². The second kappa shape index (κ2) is 8.11. The van der Waals surface area contributed by atoms with E-state index in [1.54, 1.807) is 20.8 Å². The van der Waals surface area contributed by atoms with Gasteiger partial charge in [-0.25, -0.2) is 0 Å². The molecule has 0 amide bonds. The summed E-state index contributed by atoms with van der Waals surface area (Å²) in [5.41, 5.74) is -0.541. The molecule has 0 aromatic heterocycles. The summed E-state index contributed by atoms with van der Waals surface area (Å²) in [7, 11) is 2.08. The molecular formula is C16H31NO4.